The zero-order valence-electron chi connectivity index (χ0n) is 10.1. The Morgan fingerprint density at radius 2 is 2.28 bits per heavy atom. The van der Waals surface area contributed by atoms with E-state index in [0.717, 1.165) is 0 Å². The third kappa shape index (κ3) is 4.14. The first-order chi connectivity index (χ1) is 8.58. The van der Waals surface area contributed by atoms with Gasteiger partial charge >= 0.3 is 5.97 Å². The van der Waals surface area contributed by atoms with Crippen LogP contribution in [0.4, 0.5) is 5.82 Å². The fraction of sp³-hybridized carbons (Fsp3) is 0.455. The summed E-state index contributed by atoms with van der Waals surface area (Å²) in [4.78, 5) is 14.8. The van der Waals surface area contributed by atoms with Gasteiger partial charge < -0.3 is 19.9 Å². The smallest absolute Gasteiger partial charge is 0.356 e. The molecule has 1 aromatic rings. The molecule has 0 aliphatic heterocycles. The van der Waals surface area contributed by atoms with Crippen LogP contribution < -0.4 is 5.32 Å². The van der Waals surface area contributed by atoms with Gasteiger partial charge in [0.2, 0.25) is 0 Å². The van der Waals surface area contributed by atoms with Gasteiger partial charge in [0.05, 0.1) is 17.7 Å². The van der Waals surface area contributed by atoms with Crippen molar-refractivity contribution in [1.82, 2.24) is 4.98 Å². The van der Waals surface area contributed by atoms with Crippen molar-refractivity contribution in [3.63, 3.8) is 0 Å². The Morgan fingerprint density at radius 1 is 1.56 bits per heavy atom. The number of hydrogen-bond acceptors (Lipinski definition) is 5. The minimum absolute atomic E-state index is 0.105. The zero-order valence-corrected chi connectivity index (χ0v) is 10.9. The summed E-state index contributed by atoms with van der Waals surface area (Å²) in [5.74, 6) is -0.737. The lowest BCUT2D eigenvalue weighted by atomic mass is 10.3. The van der Waals surface area contributed by atoms with Crippen LogP contribution in [0.5, 0.6) is 0 Å². The molecule has 0 aliphatic carbocycles. The average molecular weight is 275 g/mol. The van der Waals surface area contributed by atoms with E-state index in [9.17, 15) is 4.79 Å². The molecule has 1 aromatic heterocycles. The quantitative estimate of drug-likeness (QED) is 0.784. The van der Waals surface area contributed by atoms with Gasteiger partial charge in [-0.15, -0.1) is 0 Å². The van der Waals surface area contributed by atoms with Crippen molar-refractivity contribution in [3.8, 4) is 0 Å². The number of rotatable bonds is 7. The Labute approximate surface area is 110 Å². The van der Waals surface area contributed by atoms with Crippen molar-refractivity contribution >= 4 is 23.4 Å². The van der Waals surface area contributed by atoms with Crippen LogP contribution in [0.15, 0.2) is 12.1 Å². The molecule has 1 unspecified atom stereocenters. The number of methoxy groups -OCH3 is 2. The molecular weight excluding hydrogens is 260 g/mol. The number of ether oxygens (including phenoxy) is 2. The molecule has 1 rings (SSSR count). The molecule has 0 saturated heterocycles. The van der Waals surface area contributed by atoms with Gasteiger partial charge in [0, 0.05) is 20.8 Å². The van der Waals surface area contributed by atoms with Crippen LogP contribution in [0.25, 0.3) is 0 Å². The minimum atomic E-state index is -1.16. The molecule has 7 heteroatoms. The molecule has 2 N–H and O–H groups in total. The monoisotopic (exact) mass is 274 g/mol. The Bertz CT molecular complexity index is 414. The number of nitrogens with one attached hydrogen (secondary N) is 1. The van der Waals surface area contributed by atoms with E-state index >= 15 is 0 Å². The van der Waals surface area contributed by atoms with Gasteiger partial charge in [0.15, 0.2) is 5.69 Å². The molecule has 0 aromatic carbocycles. The molecule has 6 nitrogen and oxygen atoms in total. The maximum absolute atomic E-state index is 10.9. The summed E-state index contributed by atoms with van der Waals surface area (Å²) in [6.45, 7) is 0.890. The van der Waals surface area contributed by atoms with Crippen molar-refractivity contribution < 1.29 is 19.4 Å². The highest BCUT2D eigenvalue weighted by Gasteiger charge is 2.12. The second kappa shape index (κ2) is 7.15. The molecular formula is C11H15ClN2O4. The van der Waals surface area contributed by atoms with Crippen LogP contribution in [0.2, 0.25) is 5.02 Å². The van der Waals surface area contributed by atoms with E-state index in [1.165, 1.54) is 6.07 Å². The van der Waals surface area contributed by atoms with Crippen molar-refractivity contribution in [2.75, 3.05) is 32.7 Å². The van der Waals surface area contributed by atoms with Crippen molar-refractivity contribution in [2.24, 2.45) is 0 Å². The van der Waals surface area contributed by atoms with Gasteiger partial charge in [-0.2, -0.15) is 0 Å². The number of aromatic carboxylic acids is 1. The zero-order chi connectivity index (χ0) is 13.5. The van der Waals surface area contributed by atoms with Gasteiger partial charge in [0.25, 0.3) is 0 Å². The molecule has 18 heavy (non-hydrogen) atoms. The molecule has 0 spiro atoms. The van der Waals surface area contributed by atoms with Gasteiger partial charge in [-0.1, -0.05) is 11.6 Å². The van der Waals surface area contributed by atoms with E-state index < -0.39 is 5.97 Å². The van der Waals surface area contributed by atoms with Gasteiger partial charge in [0.1, 0.15) is 5.82 Å². The number of aromatic nitrogens is 1. The molecule has 100 valence electrons. The number of carboxylic acids is 1. The minimum Gasteiger partial charge on any atom is -0.476 e. The second-order valence-electron chi connectivity index (χ2n) is 3.53. The SMILES string of the molecule is COCC(CNc1ccc(Cl)c(C(=O)O)n1)OC. The van der Waals surface area contributed by atoms with Gasteiger partial charge in [-0.05, 0) is 12.1 Å². The maximum Gasteiger partial charge on any atom is 0.356 e. The highest BCUT2D eigenvalue weighted by molar-refractivity contribution is 6.33. The summed E-state index contributed by atoms with van der Waals surface area (Å²) in [7, 11) is 3.15. The third-order valence-electron chi connectivity index (χ3n) is 2.25. The Morgan fingerprint density at radius 3 is 2.83 bits per heavy atom. The van der Waals surface area contributed by atoms with E-state index in [4.69, 9.17) is 26.2 Å². The van der Waals surface area contributed by atoms with Crippen LogP contribution in [-0.2, 0) is 9.47 Å². The molecule has 1 atom stereocenters. The first-order valence-electron chi connectivity index (χ1n) is 5.24. The van der Waals surface area contributed by atoms with Crippen LogP contribution in [0.3, 0.4) is 0 Å². The number of halogens is 1. The Hall–Kier alpha value is -1.37. The van der Waals surface area contributed by atoms with E-state index in [-0.39, 0.29) is 16.8 Å². The normalized spacial score (nSPS) is 12.2. The topological polar surface area (TPSA) is 80.7 Å². The maximum atomic E-state index is 10.9. The number of pyridine rings is 1. The summed E-state index contributed by atoms with van der Waals surface area (Å²) in [6, 6.07) is 3.09. The average Bonchev–Trinajstić information content (AvgIpc) is 2.35. The van der Waals surface area contributed by atoms with Crippen LogP contribution in [-0.4, -0.2) is 49.5 Å². The Balaban J connectivity index is 2.67. The third-order valence-corrected chi connectivity index (χ3v) is 2.55. The lowest BCUT2D eigenvalue weighted by molar-refractivity contribution is 0.0365. The molecule has 0 bridgehead atoms. The molecule has 1 heterocycles. The number of nitrogens with zero attached hydrogens (tertiary/aromatic N) is 1. The summed E-state index contributed by atoms with van der Waals surface area (Å²) >= 11 is 5.72. The molecule has 0 saturated carbocycles. The first kappa shape index (κ1) is 14.7. The summed E-state index contributed by atoms with van der Waals surface area (Å²) in [6.07, 6.45) is -0.138. The standard InChI is InChI=1S/C11H15ClN2O4/c1-17-6-7(18-2)5-13-9-4-3-8(12)10(14-9)11(15)16/h3-4,7H,5-6H2,1-2H3,(H,13,14)(H,15,16). The lowest BCUT2D eigenvalue weighted by Crippen LogP contribution is -2.27. The van der Waals surface area contributed by atoms with E-state index in [1.807, 2.05) is 0 Å². The Kier molecular flexibility index (Phi) is 5.84. The molecule has 0 amide bonds. The fourth-order valence-electron chi connectivity index (χ4n) is 1.31. The first-order valence-corrected chi connectivity index (χ1v) is 5.61. The molecule has 0 aliphatic rings. The predicted octanol–water partition coefficient (Wildman–Crippen LogP) is 1.51. The second-order valence-corrected chi connectivity index (χ2v) is 3.93. The number of hydrogen-bond donors (Lipinski definition) is 2. The van der Waals surface area contributed by atoms with Gasteiger partial charge in [-0.25, -0.2) is 9.78 Å². The lowest BCUT2D eigenvalue weighted by Gasteiger charge is -2.15. The van der Waals surface area contributed by atoms with Crippen molar-refractivity contribution in [1.29, 1.82) is 0 Å². The summed E-state index contributed by atoms with van der Waals surface area (Å²) < 4.78 is 10.1. The van der Waals surface area contributed by atoms with Crippen molar-refractivity contribution in [3.05, 3.63) is 22.8 Å². The summed E-state index contributed by atoms with van der Waals surface area (Å²) in [5.41, 5.74) is -0.178. The predicted molar refractivity (Wildman–Crippen MR) is 67.4 cm³/mol. The van der Waals surface area contributed by atoms with Crippen LogP contribution >= 0.6 is 11.6 Å². The van der Waals surface area contributed by atoms with E-state index in [2.05, 4.69) is 10.3 Å². The van der Waals surface area contributed by atoms with E-state index in [1.54, 1.807) is 20.3 Å². The van der Waals surface area contributed by atoms with Crippen LogP contribution in [0, 0.1) is 0 Å². The van der Waals surface area contributed by atoms with E-state index in [0.29, 0.717) is 19.0 Å². The number of anilines is 1. The van der Waals surface area contributed by atoms with Crippen LogP contribution in [0.1, 0.15) is 10.5 Å². The number of carbonyl (C=O) groups is 1. The number of carboxylic acid groups (broad SMARTS) is 1. The highest BCUT2D eigenvalue weighted by atomic mass is 35.5. The fourth-order valence-corrected chi connectivity index (χ4v) is 1.49. The molecule has 0 fully saturated rings. The highest BCUT2D eigenvalue weighted by Crippen LogP contribution is 2.16. The molecule has 0 radical (unpaired) electrons. The van der Waals surface area contributed by atoms with Gasteiger partial charge in [-0.3, -0.25) is 0 Å². The summed E-state index contributed by atoms with van der Waals surface area (Å²) in [5, 5.41) is 11.9. The largest absolute Gasteiger partial charge is 0.476 e. The van der Waals surface area contributed by atoms with Crippen molar-refractivity contribution in [2.45, 2.75) is 6.10 Å².